The van der Waals surface area contributed by atoms with Crippen LogP contribution < -0.4 is 4.90 Å². The normalized spacial score (nSPS) is 10.4. The van der Waals surface area contributed by atoms with E-state index in [2.05, 4.69) is 68.3 Å². The van der Waals surface area contributed by atoms with Crippen LogP contribution in [0.25, 0.3) is 0 Å². The van der Waals surface area contributed by atoms with Crippen LogP contribution in [0.4, 0.5) is 11.4 Å². The van der Waals surface area contributed by atoms with Gasteiger partial charge in [-0.25, -0.2) is 0 Å². The molecule has 0 unspecified atom stereocenters. The van der Waals surface area contributed by atoms with E-state index in [0.717, 1.165) is 5.56 Å². The van der Waals surface area contributed by atoms with E-state index < -0.39 is 0 Å². The van der Waals surface area contributed by atoms with E-state index in [9.17, 15) is 0 Å². The van der Waals surface area contributed by atoms with Gasteiger partial charge < -0.3 is 4.90 Å². The average Bonchev–Trinajstić information content (AvgIpc) is 2.38. The molecule has 0 atom stereocenters. The Morgan fingerprint density at radius 1 is 1.00 bits per heavy atom. The fourth-order valence-corrected chi connectivity index (χ4v) is 2.25. The number of anilines is 2. The Labute approximate surface area is 114 Å². The highest BCUT2D eigenvalue weighted by Crippen LogP contribution is 2.27. The van der Waals surface area contributed by atoms with Crippen molar-refractivity contribution in [3.05, 3.63) is 59.2 Å². The second kappa shape index (κ2) is 5.45. The van der Waals surface area contributed by atoms with E-state index in [4.69, 9.17) is 11.6 Å². The van der Waals surface area contributed by atoms with Crippen LogP contribution in [0.1, 0.15) is 16.7 Å². The van der Waals surface area contributed by atoms with E-state index in [0.29, 0.717) is 5.88 Å². The maximum absolute atomic E-state index is 5.85. The van der Waals surface area contributed by atoms with Gasteiger partial charge in [-0.05, 0) is 43.2 Å². The summed E-state index contributed by atoms with van der Waals surface area (Å²) in [5.41, 5.74) is 6.10. The molecule has 0 spiro atoms. The summed E-state index contributed by atoms with van der Waals surface area (Å²) >= 11 is 5.85. The van der Waals surface area contributed by atoms with Gasteiger partial charge in [-0.15, -0.1) is 11.6 Å². The fourth-order valence-electron chi connectivity index (χ4n) is 2.08. The van der Waals surface area contributed by atoms with E-state index in [1.807, 2.05) is 0 Å². The molecule has 0 aliphatic rings. The molecular weight excluding hydrogens is 242 g/mol. The van der Waals surface area contributed by atoms with Gasteiger partial charge in [0.2, 0.25) is 0 Å². The van der Waals surface area contributed by atoms with Crippen molar-refractivity contribution < 1.29 is 0 Å². The van der Waals surface area contributed by atoms with Crippen molar-refractivity contribution in [3.63, 3.8) is 0 Å². The van der Waals surface area contributed by atoms with Gasteiger partial charge in [0.25, 0.3) is 0 Å². The number of benzene rings is 2. The second-order valence-corrected chi connectivity index (χ2v) is 4.92. The molecule has 0 amide bonds. The first-order valence-electron chi connectivity index (χ1n) is 6.07. The van der Waals surface area contributed by atoms with E-state index in [1.165, 1.54) is 22.5 Å². The summed E-state index contributed by atoms with van der Waals surface area (Å²) in [6, 6.07) is 14.9. The first-order valence-corrected chi connectivity index (χ1v) is 6.61. The first kappa shape index (κ1) is 13.0. The number of hydrogen-bond donors (Lipinski definition) is 0. The van der Waals surface area contributed by atoms with Gasteiger partial charge in [0.05, 0.1) is 0 Å². The zero-order valence-corrected chi connectivity index (χ0v) is 11.8. The maximum Gasteiger partial charge on any atom is 0.0474 e. The molecule has 0 fully saturated rings. The summed E-state index contributed by atoms with van der Waals surface area (Å²) < 4.78 is 0. The number of alkyl halides is 1. The lowest BCUT2D eigenvalue weighted by molar-refractivity contribution is 1.17. The third-order valence-corrected chi connectivity index (χ3v) is 3.51. The highest BCUT2D eigenvalue weighted by molar-refractivity contribution is 6.17. The maximum atomic E-state index is 5.85. The summed E-state index contributed by atoms with van der Waals surface area (Å²) in [5, 5.41) is 0. The largest absolute Gasteiger partial charge is 0.344 e. The molecule has 1 nitrogen and oxygen atoms in total. The predicted molar refractivity (Wildman–Crippen MR) is 80.0 cm³/mol. The van der Waals surface area contributed by atoms with E-state index in [-0.39, 0.29) is 0 Å². The summed E-state index contributed by atoms with van der Waals surface area (Å²) in [6.07, 6.45) is 0. The topological polar surface area (TPSA) is 3.24 Å². The van der Waals surface area contributed by atoms with Crippen molar-refractivity contribution in [3.8, 4) is 0 Å². The highest BCUT2D eigenvalue weighted by Gasteiger charge is 2.07. The third-order valence-electron chi connectivity index (χ3n) is 3.20. The van der Waals surface area contributed by atoms with Crippen molar-refractivity contribution in [2.45, 2.75) is 19.7 Å². The van der Waals surface area contributed by atoms with E-state index >= 15 is 0 Å². The Morgan fingerprint density at radius 2 is 1.67 bits per heavy atom. The zero-order chi connectivity index (χ0) is 13.1. The Balaban J connectivity index is 2.33. The number of halogens is 1. The molecule has 18 heavy (non-hydrogen) atoms. The smallest absolute Gasteiger partial charge is 0.0474 e. The van der Waals surface area contributed by atoms with Gasteiger partial charge in [-0.1, -0.05) is 29.8 Å². The van der Waals surface area contributed by atoms with E-state index in [1.54, 1.807) is 0 Å². The molecule has 0 aromatic heterocycles. The minimum atomic E-state index is 0.565. The third kappa shape index (κ3) is 2.68. The van der Waals surface area contributed by atoms with Crippen molar-refractivity contribution in [1.29, 1.82) is 0 Å². The Morgan fingerprint density at radius 3 is 2.22 bits per heavy atom. The molecule has 0 radical (unpaired) electrons. The first-order chi connectivity index (χ1) is 8.61. The molecule has 2 rings (SSSR count). The average molecular weight is 260 g/mol. The Kier molecular flexibility index (Phi) is 3.93. The zero-order valence-electron chi connectivity index (χ0n) is 11.1. The molecule has 0 saturated carbocycles. The minimum absolute atomic E-state index is 0.565. The van der Waals surface area contributed by atoms with Crippen LogP contribution >= 0.6 is 11.6 Å². The molecule has 2 aromatic rings. The molecule has 2 aromatic carbocycles. The van der Waals surface area contributed by atoms with Gasteiger partial charge in [0, 0.05) is 24.3 Å². The van der Waals surface area contributed by atoms with Crippen LogP contribution in [0, 0.1) is 13.8 Å². The van der Waals surface area contributed by atoms with Gasteiger partial charge in [-0.3, -0.25) is 0 Å². The van der Waals surface area contributed by atoms with Crippen LogP contribution in [-0.2, 0) is 5.88 Å². The summed E-state index contributed by atoms with van der Waals surface area (Å²) in [4.78, 5) is 2.20. The van der Waals surface area contributed by atoms with Gasteiger partial charge in [0.15, 0.2) is 0 Å². The molecule has 2 heteroatoms. The number of hydrogen-bond acceptors (Lipinski definition) is 1. The van der Waals surface area contributed by atoms with Crippen molar-refractivity contribution in [2.24, 2.45) is 0 Å². The molecule has 0 aliphatic heterocycles. The monoisotopic (exact) mass is 259 g/mol. The lowest BCUT2D eigenvalue weighted by atomic mass is 10.1. The van der Waals surface area contributed by atoms with Crippen LogP contribution in [0.3, 0.4) is 0 Å². The number of rotatable bonds is 3. The summed E-state index contributed by atoms with van der Waals surface area (Å²) in [7, 11) is 2.09. The lowest BCUT2D eigenvalue weighted by Gasteiger charge is -2.22. The fraction of sp³-hybridized carbons (Fsp3) is 0.250. The predicted octanol–water partition coefficient (Wildman–Crippen LogP) is 4.81. The summed E-state index contributed by atoms with van der Waals surface area (Å²) in [6.45, 7) is 4.22. The Bertz CT molecular complexity index is 531. The van der Waals surface area contributed by atoms with Crippen molar-refractivity contribution in [2.75, 3.05) is 11.9 Å². The standard InChI is InChI=1S/C16H18ClN/c1-12-4-7-15(8-5-12)18(3)16-9-6-14(11-17)10-13(16)2/h4-10H,11H2,1-3H3. The molecule has 94 valence electrons. The van der Waals surface area contributed by atoms with Crippen LogP contribution in [0.5, 0.6) is 0 Å². The highest BCUT2D eigenvalue weighted by atomic mass is 35.5. The van der Waals surface area contributed by atoms with Gasteiger partial charge in [0.1, 0.15) is 0 Å². The minimum Gasteiger partial charge on any atom is -0.344 e. The Hall–Kier alpha value is -1.47. The van der Waals surface area contributed by atoms with Crippen LogP contribution in [-0.4, -0.2) is 7.05 Å². The molecule has 0 heterocycles. The van der Waals surface area contributed by atoms with Crippen LogP contribution in [0.15, 0.2) is 42.5 Å². The SMILES string of the molecule is Cc1ccc(N(C)c2ccc(CCl)cc2C)cc1. The molecular formula is C16H18ClN. The molecule has 0 bridgehead atoms. The molecule has 0 saturated heterocycles. The molecule has 0 N–H and O–H groups in total. The lowest BCUT2D eigenvalue weighted by Crippen LogP contribution is -2.10. The number of nitrogens with zero attached hydrogens (tertiary/aromatic N) is 1. The molecule has 0 aliphatic carbocycles. The van der Waals surface area contributed by atoms with Gasteiger partial charge >= 0.3 is 0 Å². The van der Waals surface area contributed by atoms with Crippen molar-refractivity contribution >= 4 is 23.0 Å². The van der Waals surface area contributed by atoms with Crippen LogP contribution in [0.2, 0.25) is 0 Å². The second-order valence-electron chi connectivity index (χ2n) is 4.65. The van der Waals surface area contributed by atoms with Crippen molar-refractivity contribution in [1.82, 2.24) is 0 Å². The van der Waals surface area contributed by atoms with Gasteiger partial charge in [-0.2, -0.15) is 0 Å². The summed E-state index contributed by atoms with van der Waals surface area (Å²) in [5.74, 6) is 0.565. The number of aryl methyl sites for hydroxylation is 2. The quantitative estimate of drug-likeness (QED) is 0.715.